The topological polar surface area (TPSA) is 102 Å². The van der Waals surface area contributed by atoms with E-state index < -0.39 is 29.2 Å². The number of aliphatic hydroxyl groups excluding tert-OH is 1. The second-order valence-corrected chi connectivity index (χ2v) is 11.5. The molecule has 1 saturated heterocycles. The third-order valence-electron chi connectivity index (χ3n) is 8.67. The van der Waals surface area contributed by atoms with Crippen molar-refractivity contribution >= 4 is 11.8 Å². The van der Waals surface area contributed by atoms with Crippen LogP contribution in [0.1, 0.15) is 59.2 Å². The minimum atomic E-state index is -4.56. The van der Waals surface area contributed by atoms with Gasteiger partial charge in [-0.3, -0.25) is 14.5 Å². The average Bonchev–Trinajstić information content (AvgIpc) is 3.48. The van der Waals surface area contributed by atoms with Crippen molar-refractivity contribution in [3.05, 3.63) is 95.1 Å². The summed E-state index contributed by atoms with van der Waals surface area (Å²) in [6.45, 7) is 1.11. The van der Waals surface area contributed by atoms with E-state index in [4.69, 9.17) is 0 Å². The number of rotatable bonds is 8. The summed E-state index contributed by atoms with van der Waals surface area (Å²) in [4.78, 5) is 27.1. The molecule has 2 fully saturated rings. The first-order chi connectivity index (χ1) is 20.6. The maximum absolute atomic E-state index is 12.9. The maximum atomic E-state index is 12.9. The molecule has 3 aromatic rings. The van der Waals surface area contributed by atoms with Crippen LogP contribution < -0.4 is 10.6 Å². The first-order valence-electron chi connectivity index (χ1n) is 14.6. The number of carbonyl (C=O) groups excluding carboxylic acids is 2. The Bertz CT molecular complexity index is 1440. The standard InChI is InChI=1S/C33H36F3N3O4/c34-33(35,36)26-6-3-5-23(18-26)31(42)37-19-30(41)38-27-14-17-39(20-27)28-12-15-32(43,16-13-28)25-10-8-22(9-11-25)29-7-2-1-4-24(29)21-40/h1-11,18,27-28,40,43H,12-17,19-21H2,(H,37,42)(H,38,41). The minimum absolute atomic E-state index is 0.0375. The predicted molar refractivity (Wildman–Crippen MR) is 156 cm³/mol. The van der Waals surface area contributed by atoms with E-state index in [9.17, 15) is 33.0 Å². The van der Waals surface area contributed by atoms with E-state index in [-0.39, 0.29) is 24.8 Å². The summed E-state index contributed by atoms with van der Waals surface area (Å²) < 4.78 is 38.8. The molecule has 1 saturated carbocycles. The highest BCUT2D eigenvalue weighted by molar-refractivity contribution is 5.96. The number of likely N-dealkylation sites (tertiary alicyclic amines) is 1. The highest BCUT2D eigenvalue weighted by Crippen LogP contribution is 2.40. The van der Waals surface area contributed by atoms with Gasteiger partial charge in [0.2, 0.25) is 5.91 Å². The largest absolute Gasteiger partial charge is 0.416 e. The van der Waals surface area contributed by atoms with Crippen LogP contribution in [0.2, 0.25) is 0 Å². The van der Waals surface area contributed by atoms with Crippen molar-refractivity contribution in [2.75, 3.05) is 19.6 Å². The summed E-state index contributed by atoms with van der Waals surface area (Å²) in [5.41, 5.74) is 1.72. The first-order valence-corrected chi connectivity index (χ1v) is 14.6. The number of benzene rings is 3. The fourth-order valence-corrected chi connectivity index (χ4v) is 6.25. The Hall–Kier alpha value is -3.73. The second-order valence-electron chi connectivity index (χ2n) is 11.5. The van der Waals surface area contributed by atoms with Gasteiger partial charge in [0.05, 0.1) is 24.3 Å². The molecule has 0 aromatic heterocycles. The lowest BCUT2D eigenvalue weighted by molar-refractivity contribution is -0.137. The number of aliphatic hydroxyl groups is 2. The Morgan fingerprint density at radius 3 is 2.37 bits per heavy atom. The molecule has 0 spiro atoms. The van der Waals surface area contributed by atoms with Gasteiger partial charge < -0.3 is 20.8 Å². The van der Waals surface area contributed by atoms with Crippen LogP contribution in [0.15, 0.2) is 72.8 Å². The summed E-state index contributed by atoms with van der Waals surface area (Å²) in [5, 5.41) is 26.4. The molecule has 43 heavy (non-hydrogen) atoms. The summed E-state index contributed by atoms with van der Waals surface area (Å²) >= 11 is 0. The number of amides is 2. The number of carbonyl (C=O) groups is 2. The smallest absolute Gasteiger partial charge is 0.392 e. The van der Waals surface area contributed by atoms with Crippen LogP contribution >= 0.6 is 0 Å². The molecule has 3 aromatic carbocycles. The lowest BCUT2D eigenvalue weighted by atomic mass is 9.77. The molecule has 0 bridgehead atoms. The highest BCUT2D eigenvalue weighted by atomic mass is 19.4. The van der Waals surface area contributed by atoms with E-state index in [1.807, 2.05) is 48.5 Å². The van der Waals surface area contributed by atoms with Crippen LogP contribution in [0.4, 0.5) is 13.2 Å². The van der Waals surface area contributed by atoms with Gasteiger partial charge in [-0.1, -0.05) is 54.6 Å². The van der Waals surface area contributed by atoms with Gasteiger partial charge in [0.15, 0.2) is 0 Å². The number of hydrogen-bond donors (Lipinski definition) is 4. The van der Waals surface area contributed by atoms with Crippen molar-refractivity contribution in [2.24, 2.45) is 0 Å². The lowest BCUT2D eigenvalue weighted by Crippen LogP contribution is -2.45. The summed E-state index contributed by atoms with van der Waals surface area (Å²) in [6.07, 6.45) is -0.915. The molecule has 0 radical (unpaired) electrons. The predicted octanol–water partition coefficient (Wildman–Crippen LogP) is 4.62. The third kappa shape index (κ3) is 7.26. The van der Waals surface area contributed by atoms with Crippen LogP contribution in [0, 0.1) is 0 Å². The zero-order valence-electron chi connectivity index (χ0n) is 23.7. The van der Waals surface area contributed by atoms with Gasteiger partial charge >= 0.3 is 6.18 Å². The average molecular weight is 596 g/mol. The molecule has 228 valence electrons. The minimum Gasteiger partial charge on any atom is -0.392 e. The van der Waals surface area contributed by atoms with Gasteiger partial charge in [-0.05, 0) is 72.6 Å². The van der Waals surface area contributed by atoms with Crippen LogP contribution in [0.5, 0.6) is 0 Å². The molecule has 1 atom stereocenters. The number of nitrogens with zero attached hydrogens (tertiary/aromatic N) is 1. The summed E-state index contributed by atoms with van der Waals surface area (Å²) in [6, 6.07) is 19.9. The Morgan fingerprint density at radius 1 is 0.953 bits per heavy atom. The molecule has 2 aliphatic rings. The molecular weight excluding hydrogens is 559 g/mol. The van der Waals surface area contributed by atoms with Crippen LogP contribution in [-0.2, 0) is 23.2 Å². The van der Waals surface area contributed by atoms with Crippen molar-refractivity contribution < 1.29 is 33.0 Å². The molecule has 1 aliphatic carbocycles. The fourth-order valence-electron chi connectivity index (χ4n) is 6.25. The number of halogens is 3. The number of alkyl halides is 3. The number of hydrogen-bond acceptors (Lipinski definition) is 5. The van der Waals surface area contributed by atoms with Gasteiger partial charge in [-0.25, -0.2) is 0 Å². The molecule has 10 heteroatoms. The quantitative estimate of drug-likeness (QED) is 0.305. The zero-order chi connectivity index (χ0) is 30.6. The van der Waals surface area contributed by atoms with Gasteiger partial charge in [0.25, 0.3) is 5.91 Å². The molecule has 4 N–H and O–H groups in total. The van der Waals surface area contributed by atoms with Crippen molar-refractivity contribution in [2.45, 2.75) is 62.6 Å². The van der Waals surface area contributed by atoms with Gasteiger partial charge in [-0.2, -0.15) is 13.2 Å². The maximum Gasteiger partial charge on any atom is 0.416 e. The normalized spacial score (nSPS) is 22.7. The fraction of sp³-hybridized carbons (Fsp3) is 0.394. The molecule has 1 unspecified atom stereocenters. The molecule has 5 rings (SSSR count). The lowest BCUT2D eigenvalue weighted by Gasteiger charge is -2.40. The Labute approximate surface area is 248 Å². The Kier molecular flexibility index (Phi) is 9.19. The number of nitrogens with one attached hydrogen (secondary N) is 2. The Balaban J connectivity index is 1.08. The van der Waals surface area contributed by atoms with Crippen LogP contribution in [0.25, 0.3) is 11.1 Å². The zero-order valence-corrected chi connectivity index (χ0v) is 23.7. The molecule has 7 nitrogen and oxygen atoms in total. The third-order valence-corrected chi connectivity index (χ3v) is 8.67. The van der Waals surface area contributed by atoms with Crippen molar-refractivity contribution in [1.82, 2.24) is 15.5 Å². The van der Waals surface area contributed by atoms with E-state index >= 15 is 0 Å². The molecule has 2 amide bonds. The van der Waals surface area contributed by atoms with E-state index in [0.717, 1.165) is 66.3 Å². The van der Waals surface area contributed by atoms with E-state index in [1.54, 1.807) is 0 Å². The van der Waals surface area contributed by atoms with E-state index in [0.29, 0.717) is 25.4 Å². The van der Waals surface area contributed by atoms with Crippen molar-refractivity contribution in [1.29, 1.82) is 0 Å². The van der Waals surface area contributed by atoms with E-state index in [2.05, 4.69) is 15.5 Å². The van der Waals surface area contributed by atoms with Crippen molar-refractivity contribution in [3.8, 4) is 11.1 Å². The first kappa shape index (κ1) is 30.7. The molecular formula is C33H36F3N3O4. The summed E-state index contributed by atoms with van der Waals surface area (Å²) in [5.74, 6) is -1.14. The molecule has 1 aliphatic heterocycles. The summed E-state index contributed by atoms with van der Waals surface area (Å²) in [7, 11) is 0. The monoisotopic (exact) mass is 595 g/mol. The van der Waals surface area contributed by atoms with E-state index in [1.165, 1.54) is 6.07 Å². The Morgan fingerprint density at radius 2 is 1.67 bits per heavy atom. The molecule has 1 heterocycles. The van der Waals surface area contributed by atoms with Gasteiger partial charge in [0.1, 0.15) is 0 Å². The van der Waals surface area contributed by atoms with Crippen molar-refractivity contribution in [3.63, 3.8) is 0 Å². The highest BCUT2D eigenvalue weighted by Gasteiger charge is 2.38. The SMILES string of the molecule is O=C(CNC(=O)c1cccc(C(F)(F)F)c1)NC1CCN(C2CCC(O)(c3ccc(-c4ccccc4CO)cc3)CC2)C1. The second kappa shape index (κ2) is 12.9. The van der Waals surface area contributed by atoms with Gasteiger partial charge in [-0.15, -0.1) is 0 Å². The van der Waals surface area contributed by atoms with Crippen LogP contribution in [0.3, 0.4) is 0 Å². The van der Waals surface area contributed by atoms with Crippen LogP contribution in [-0.4, -0.2) is 58.6 Å². The van der Waals surface area contributed by atoms with Gasteiger partial charge in [0, 0.05) is 30.7 Å².